The van der Waals surface area contributed by atoms with E-state index in [1.165, 1.54) is 0 Å². The number of hydrogen-bond donors (Lipinski definition) is 1. The van der Waals surface area contributed by atoms with Crippen LogP contribution in [0, 0.1) is 12.8 Å². The summed E-state index contributed by atoms with van der Waals surface area (Å²) in [7, 11) is 1.83. The van der Waals surface area contributed by atoms with Crippen molar-refractivity contribution in [2.75, 3.05) is 38.7 Å². The van der Waals surface area contributed by atoms with Crippen LogP contribution in [0.3, 0.4) is 0 Å². The van der Waals surface area contributed by atoms with Crippen LogP contribution < -0.4 is 5.32 Å². The van der Waals surface area contributed by atoms with Crippen LogP contribution in [0.25, 0.3) is 0 Å². The number of aromatic nitrogens is 4. The molecule has 0 amide bonds. The van der Waals surface area contributed by atoms with E-state index in [1.807, 2.05) is 13.2 Å². The molecule has 0 radical (unpaired) electrons. The van der Waals surface area contributed by atoms with E-state index in [4.69, 9.17) is 9.26 Å². The maximum Gasteiger partial charge on any atom is 0.223 e. The van der Waals surface area contributed by atoms with E-state index in [0.29, 0.717) is 18.4 Å². The van der Waals surface area contributed by atoms with E-state index in [0.717, 1.165) is 50.1 Å². The second kappa shape index (κ2) is 7.47. The number of aryl methyl sites for hydroxylation is 1. The highest BCUT2D eigenvalue weighted by Crippen LogP contribution is 2.14. The molecule has 2 aromatic heterocycles. The molecule has 0 aromatic carbocycles. The van der Waals surface area contributed by atoms with Gasteiger partial charge in [0.15, 0.2) is 5.82 Å². The van der Waals surface area contributed by atoms with Gasteiger partial charge in [-0.05, 0) is 6.42 Å². The summed E-state index contributed by atoms with van der Waals surface area (Å²) in [4.78, 5) is 15.3. The molecule has 1 saturated heterocycles. The minimum Gasteiger partial charge on any atom is -0.380 e. The van der Waals surface area contributed by atoms with Gasteiger partial charge in [-0.3, -0.25) is 9.88 Å². The molecule has 23 heavy (non-hydrogen) atoms. The molecule has 1 aliphatic heterocycles. The second-order valence-corrected chi connectivity index (χ2v) is 5.75. The number of anilines is 1. The Labute approximate surface area is 135 Å². The first-order valence-electron chi connectivity index (χ1n) is 7.81. The topological polar surface area (TPSA) is 89.2 Å². The summed E-state index contributed by atoms with van der Waals surface area (Å²) in [5.74, 6) is 2.48. The third-order valence-corrected chi connectivity index (χ3v) is 3.82. The lowest BCUT2D eigenvalue weighted by Gasteiger charge is -2.21. The Bertz CT molecular complexity index is 615. The van der Waals surface area contributed by atoms with Crippen molar-refractivity contribution in [3.8, 4) is 0 Å². The summed E-state index contributed by atoms with van der Waals surface area (Å²) < 4.78 is 10.8. The molecule has 8 heteroatoms. The van der Waals surface area contributed by atoms with Crippen LogP contribution in [0.15, 0.2) is 16.9 Å². The average molecular weight is 318 g/mol. The first kappa shape index (κ1) is 15.8. The Morgan fingerprint density at radius 2 is 2.26 bits per heavy atom. The molecule has 3 heterocycles. The Hall–Kier alpha value is -2.06. The van der Waals surface area contributed by atoms with Gasteiger partial charge < -0.3 is 14.6 Å². The van der Waals surface area contributed by atoms with Crippen molar-refractivity contribution >= 4 is 5.82 Å². The van der Waals surface area contributed by atoms with Crippen LogP contribution in [-0.2, 0) is 17.7 Å². The van der Waals surface area contributed by atoms with Crippen LogP contribution in [0.2, 0.25) is 0 Å². The van der Waals surface area contributed by atoms with E-state index >= 15 is 0 Å². The predicted octanol–water partition coefficient (Wildman–Crippen LogP) is 0.901. The van der Waals surface area contributed by atoms with Gasteiger partial charge >= 0.3 is 0 Å². The van der Waals surface area contributed by atoms with Gasteiger partial charge in [-0.15, -0.1) is 0 Å². The fourth-order valence-corrected chi connectivity index (χ4v) is 2.71. The number of hydrogen-bond acceptors (Lipinski definition) is 8. The van der Waals surface area contributed by atoms with E-state index in [2.05, 4.69) is 30.3 Å². The molecule has 0 aliphatic carbocycles. The Kier molecular flexibility index (Phi) is 5.14. The summed E-state index contributed by atoms with van der Waals surface area (Å²) in [6.07, 6.45) is 4.43. The van der Waals surface area contributed by atoms with Gasteiger partial charge in [-0.25, -0.2) is 4.98 Å². The van der Waals surface area contributed by atoms with E-state index < -0.39 is 0 Å². The quantitative estimate of drug-likeness (QED) is 0.870. The summed E-state index contributed by atoms with van der Waals surface area (Å²) >= 11 is 0. The number of rotatable bonds is 5. The molecule has 1 unspecified atom stereocenters. The van der Waals surface area contributed by atoms with Gasteiger partial charge in [-0.2, -0.15) is 4.98 Å². The van der Waals surface area contributed by atoms with Gasteiger partial charge in [0.25, 0.3) is 0 Å². The van der Waals surface area contributed by atoms with E-state index in [-0.39, 0.29) is 0 Å². The monoisotopic (exact) mass is 318 g/mol. The third kappa shape index (κ3) is 4.46. The van der Waals surface area contributed by atoms with Crippen molar-refractivity contribution in [3.63, 3.8) is 0 Å². The molecule has 1 fully saturated rings. The molecule has 3 rings (SSSR count). The van der Waals surface area contributed by atoms with Crippen molar-refractivity contribution in [3.05, 3.63) is 29.8 Å². The number of nitrogens with zero attached hydrogens (tertiary/aromatic N) is 5. The molecule has 124 valence electrons. The maximum atomic E-state index is 5.73. The Morgan fingerprint density at radius 1 is 1.35 bits per heavy atom. The molecule has 8 nitrogen and oxygen atoms in total. The van der Waals surface area contributed by atoms with E-state index in [1.54, 1.807) is 13.1 Å². The van der Waals surface area contributed by atoms with Crippen LogP contribution in [0.4, 0.5) is 5.82 Å². The fourth-order valence-electron chi connectivity index (χ4n) is 2.71. The largest absolute Gasteiger partial charge is 0.380 e. The lowest BCUT2D eigenvalue weighted by molar-refractivity contribution is 0.121. The van der Waals surface area contributed by atoms with Crippen LogP contribution in [-0.4, -0.2) is 58.4 Å². The second-order valence-electron chi connectivity index (χ2n) is 5.75. The summed E-state index contributed by atoms with van der Waals surface area (Å²) in [5, 5.41) is 6.95. The normalized spacial score (nSPS) is 19.5. The highest BCUT2D eigenvalue weighted by atomic mass is 16.5. The van der Waals surface area contributed by atoms with Gasteiger partial charge in [-0.1, -0.05) is 5.16 Å². The minimum atomic E-state index is 0.375. The zero-order valence-electron chi connectivity index (χ0n) is 13.5. The molecule has 2 aromatic rings. The minimum absolute atomic E-state index is 0.375. The van der Waals surface area contributed by atoms with Crippen molar-refractivity contribution in [1.82, 2.24) is 25.0 Å². The van der Waals surface area contributed by atoms with Gasteiger partial charge in [0, 0.05) is 33.0 Å². The third-order valence-electron chi connectivity index (χ3n) is 3.82. The van der Waals surface area contributed by atoms with Crippen molar-refractivity contribution in [2.45, 2.75) is 19.9 Å². The van der Waals surface area contributed by atoms with Crippen LogP contribution >= 0.6 is 0 Å². The molecule has 0 saturated carbocycles. The lowest BCUT2D eigenvalue weighted by atomic mass is 10.0. The molecule has 1 aliphatic rings. The lowest BCUT2D eigenvalue weighted by Crippen LogP contribution is -2.31. The number of ether oxygens (including phenoxy) is 1. The first-order valence-corrected chi connectivity index (χ1v) is 7.81. The Balaban J connectivity index is 1.59. The molecule has 0 spiro atoms. The predicted molar refractivity (Wildman–Crippen MR) is 83.9 cm³/mol. The van der Waals surface area contributed by atoms with Gasteiger partial charge in [0.1, 0.15) is 5.82 Å². The number of nitrogens with one attached hydrogen (secondary N) is 1. The van der Waals surface area contributed by atoms with Crippen LogP contribution in [0.5, 0.6) is 0 Å². The standard InChI is InChI=1S/C15H22N6O2/c1-11-19-15(20-23-11)9-21-3-4-22-10-12(8-21)5-13-6-18-14(16-2)7-17-13/h6-7,12H,3-5,8-10H2,1-2H3,(H,16,18). The zero-order valence-corrected chi connectivity index (χ0v) is 13.5. The average Bonchev–Trinajstić information content (AvgIpc) is 2.83. The molecule has 0 bridgehead atoms. The van der Waals surface area contributed by atoms with Crippen LogP contribution in [0.1, 0.15) is 17.4 Å². The summed E-state index contributed by atoms with van der Waals surface area (Å²) in [5.41, 5.74) is 0.981. The SMILES string of the molecule is CNc1cnc(CC2COCCN(Cc3noc(C)n3)C2)cn1. The van der Waals surface area contributed by atoms with Crippen molar-refractivity contribution < 1.29 is 9.26 Å². The van der Waals surface area contributed by atoms with Crippen molar-refractivity contribution in [1.29, 1.82) is 0 Å². The summed E-state index contributed by atoms with van der Waals surface area (Å²) in [6, 6.07) is 0. The first-order chi connectivity index (χ1) is 11.2. The maximum absolute atomic E-state index is 5.73. The van der Waals surface area contributed by atoms with Crippen molar-refractivity contribution in [2.24, 2.45) is 5.92 Å². The smallest absolute Gasteiger partial charge is 0.223 e. The molecular weight excluding hydrogens is 296 g/mol. The Morgan fingerprint density at radius 3 is 2.96 bits per heavy atom. The van der Waals surface area contributed by atoms with Gasteiger partial charge in [0.2, 0.25) is 5.89 Å². The fraction of sp³-hybridized carbons (Fsp3) is 0.600. The molecule has 1 N–H and O–H groups in total. The molecular formula is C15H22N6O2. The highest BCUT2D eigenvalue weighted by molar-refractivity contribution is 5.29. The van der Waals surface area contributed by atoms with Gasteiger partial charge in [0.05, 0.1) is 37.8 Å². The molecule has 1 atom stereocenters. The highest BCUT2D eigenvalue weighted by Gasteiger charge is 2.21. The summed E-state index contributed by atoms with van der Waals surface area (Å²) in [6.45, 7) is 5.73. The van der Waals surface area contributed by atoms with E-state index in [9.17, 15) is 0 Å². The zero-order chi connectivity index (χ0) is 16.1.